The van der Waals surface area contributed by atoms with Gasteiger partial charge in [0.2, 0.25) is 5.96 Å². The predicted molar refractivity (Wildman–Crippen MR) is 119 cm³/mol. The molecule has 4 rings (SSSR count). The number of aliphatic imine (C=N–C) groups is 2. The molecule has 3 N–H and O–H groups in total. The van der Waals surface area contributed by atoms with Gasteiger partial charge >= 0.3 is 0 Å². The molecule has 6 nitrogen and oxygen atoms in total. The van der Waals surface area contributed by atoms with Crippen LogP contribution in [0.5, 0.6) is 5.75 Å². The van der Waals surface area contributed by atoms with Crippen molar-refractivity contribution in [1.82, 2.24) is 10.6 Å². The first-order chi connectivity index (χ1) is 15.0. The van der Waals surface area contributed by atoms with Crippen LogP contribution in [0, 0.1) is 12.7 Å². The molecule has 0 unspecified atom stereocenters. The summed E-state index contributed by atoms with van der Waals surface area (Å²) in [5, 5.41) is 15.5. The summed E-state index contributed by atoms with van der Waals surface area (Å²) in [5.74, 6) is -0.532. The van der Waals surface area contributed by atoms with E-state index in [0.29, 0.717) is 35.0 Å². The zero-order chi connectivity index (χ0) is 21.8. The summed E-state index contributed by atoms with van der Waals surface area (Å²) >= 11 is 0. The van der Waals surface area contributed by atoms with Crippen molar-refractivity contribution >= 4 is 17.6 Å². The summed E-state index contributed by atoms with van der Waals surface area (Å²) in [4.78, 5) is 21.8. The van der Waals surface area contributed by atoms with Gasteiger partial charge in [-0.3, -0.25) is 15.1 Å². The Morgan fingerprint density at radius 3 is 2.61 bits per heavy atom. The van der Waals surface area contributed by atoms with Crippen molar-refractivity contribution in [1.29, 1.82) is 0 Å². The van der Waals surface area contributed by atoms with Crippen LogP contribution >= 0.6 is 0 Å². The van der Waals surface area contributed by atoms with Gasteiger partial charge in [0.05, 0.1) is 18.3 Å². The predicted octanol–water partition coefficient (Wildman–Crippen LogP) is 3.84. The summed E-state index contributed by atoms with van der Waals surface area (Å²) < 4.78 is 14.2. The molecule has 1 amide bonds. The molecular weight excluding hydrogens is 395 g/mol. The number of nitrogens with zero attached hydrogens (tertiary/aromatic N) is 2. The molecule has 0 spiro atoms. The molecule has 1 fully saturated rings. The fourth-order valence-corrected chi connectivity index (χ4v) is 3.73. The molecule has 0 aromatic heterocycles. The largest absolute Gasteiger partial charge is 0.508 e. The molecule has 7 heteroatoms. The molecular formula is C24H25FN4O2. The third-order valence-electron chi connectivity index (χ3n) is 5.42. The Labute approximate surface area is 180 Å². The first kappa shape index (κ1) is 20.8. The number of aryl methyl sites for hydroxylation is 1. The number of hydrogen-bond donors (Lipinski definition) is 3. The molecule has 0 atom stereocenters. The number of benzene rings is 2. The highest BCUT2D eigenvalue weighted by atomic mass is 19.1. The van der Waals surface area contributed by atoms with Gasteiger partial charge in [-0.2, -0.15) is 0 Å². The zero-order valence-electron chi connectivity index (χ0n) is 17.4. The summed E-state index contributed by atoms with van der Waals surface area (Å²) in [5.41, 5.74) is 3.13. The second-order valence-electron chi connectivity index (χ2n) is 7.90. The number of hydrogen-bond acceptors (Lipinski definition) is 4. The van der Waals surface area contributed by atoms with Crippen molar-refractivity contribution < 1.29 is 14.3 Å². The lowest BCUT2D eigenvalue weighted by molar-refractivity contribution is 0.0976. The van der Waals surface area contributed by atoms with Crippen LogP contribution in [-0.4, -0.2) is 35.3 Å². The second kappa shape index (κ2) is 9.12. The molecule has 1 aliphatic carbocycles. The van der Waals surface area contributed by atoms with E-state index in [1.165, 1.54) is 12.1 Å². The minimum atomic E-state index is -0.538. The number of allylic oxidation sites excluding steroid dienone is 1. The maximum atomic E-state index is 14.2. The van der Waals surface area contributed by atoms with Crippen molar-refractivity contribution in [3.05, 3.63) is 76.7 Å². The van der Waals surface area contributed by atoms with Gasteiger partial charge in [0.25, 0.3) is 5.91 Å². The highest BCUT2D eigenvalue weighted by Gasteiger charge is 2.19. The molecule has 1 saturated carbocycles. The number of rotatable bonds is 4. The van der Waals surface area contributed by atoms with Crippen LogP contribution in [0.4, 0.5) is 4.39 Å². The van der Waals surface area contributed by atoms with E-state index in [2.05, 4.69) is 15.6 Å². The van der Waals surface area contributed by atoms with Gasteiger partial charge in [-0.1, -0.05) is 30.5 Å². The number of amides is 1. The van der Waals surface area contributed by atoms with E-state index in [1.807, 2.05) is 19.1 Å². The lowest BCUT2D eigenvalue weighted by atomic mass is 10.1. The number of halogens is 1. The number of aromatic hydroxyl groups is 1. The maximum Gasteiger partial charge on any atom is 0.257 e. The molecule has 2 aromatic carbocycles. The highest BCUT2D eigenvalue weighted by Crippen LogP contribution is 2.21. The lowest BCUT2D eigenvalue weighted by Gasteiger charge is -2.14. The number of carbonyl (C=O) groups is 1. The smallest absolute Gasteiger partial charge is 0.257 e. The Balaban J connectivity index is 1.51. The molecule has 1 aliphatic heterocycles. The van der Waals surface area contributed by atoms with Crippen molar-refractivity contribution in [2.45, 2.75) is 38.6 Å². The monoisotopic (exact) mass is 420 g/mol. The van der Waals surface area contributed by atoms with E-state index in [0.717, 1.165) is 37.3 Å². The van der Waals surface area contributed by atoms with Gasteiger partial charge in [0.1, 0.15) is 11.6 Å². The number of phenolic OH excluding ortho intramolecular Hbond substituents is 1. The van der Waals surface area contributed by atoms with Crippen molar-refractivity contribution in [2.24, 2.45) is 9.98 Å². The quantitative estimate of drug-likeness (QED) is 0.519. The first-order valence-electron chi connectivity index (χ1n) is 10.4. The van der Waals surface area contributed by atoms with E-state index < -0.39 is 5.82 Å². The molecule has 0 radical (unpaired) electrons. The van der Waals surface area contributed by atoms with Crippen LogP contribution in [0.15, 0.2) is 64.2 Å². The van der Waals surface area contributed by atoms with Gasteiger partial charge in [-0.15, -0.1) is 0 Å². The van der Waals surface area contributed by atoms with Crippen molar-refractivity contribution in [3.8, 4) is 5.75 Å². The van der Waals surface area contributed by atoms with Crippen LogP contribution in [-0.2, 0) is 0 Å². The lowest BCUT2D eigenvalue weighted by Crippen LogP contribution is -2.41. The summed E-state index contributed by atoms with van der Waals surface area (Å²) in [6.07, 6.45) is 5.97. The minimum absolute atomic E-state index is 0.132. The van der Waals surface area contributed by atoms with Crippen molar-refractivity contribution in [3.63, 3.8) is 0 Å². The van der Waals surface area contributed by atoms with Gasteiger partial charge < -0.3 is 10.4 Å². The van der Waals surface area contributed by atoms with Crippen LogP contribution in [0.1, 0.15) is 47.2 Å². The normalized spacial score (nSPS) is 16.8. The van der Waals surface area contributed by atoms with E-state index in [9.17, 15) is 14.3 Å². The van der Waals surface area contributed by atoms with E-state index >= 15 is 0 Å². The van der Waals surface area contributed by atoms with Gasteiger partial charge in [0, 0.05) is 22.9 Å². The molecule has 160 valence electrons. The molecule has 2 aromatic rings. The number of nitrogens with one attached hydrogen (secondary N) is 2. The average molecular weight is 420 g/mol. The second-order valence-corrected chi connectivity index (χ2v) is 7.90. The number of phenols is 1. The standard InChI is InChI=1S/C24H25FN4O2/c1-15-6-8-16(9-7-15)23(31)29-24(27-17-4-2-3-5-17)28-18-12-22(26-14-18)20-11-10-19(30)13-21(20)25/h6-13,17,30H,2-5,14H2,1H3,(H2,27,28,29,31). The van der Waals surface area contributed by atoms with Crippen LogP contribution in [0.3, 0.4) is 0 Å². The Kier molecular flexibility index (Phi) is 6.11. The van der Waals surface area contributed by atoms with Crippen LogP contribution in [0.2, 0.25) is 0 Å². The number of carbonyl (C=O) groups excluding carboxylic acids is 1. The van der Waals surface area contributed by atoms with E-state index in [1.54, 1.807) is 18.2 Å². The fraction of sp³-hybridized carbons (Fsp3) is 0.292. The molecule has 0 saturated heterocycles. The molecule has 31 heavy (non-hydrogen) atoms. The topological polar surface area (TPSA) is 86.1 Å². The highest BCUT2D eigenvalue weighted by molar-refractivity contribution is 6.11. The van der Waals surface area contributed by atoms with E-state index in [4.69, 9.17) is 4.99 Å². The Morgan fingerprint density at radius 1 is 1.16 bits per heavy atom. The van der Waals surface area contributed by atoms with Crippen molar-refractivity contribution in [2.75, 3.05) is 6.54 Å². The minimum Gasteiger partial charge on any atom is -0.508 e. The van der Waals surface area contributed by atoms with Gasteiger partial charge in [-0.05, 0) is 50.1 Å². The summed E-state index contributed by atoms with van der Waals surface area (Å²) in [7, 11) is 0. The molecule has 1 heterocycles. The Bertz CT molecular complexity index is 1070. The Morgan fingerprint density at radius 2 is 1.90 bits per heavy atom. The zero-order valence-corrected chi connectivity index (χ0v) is 17.4. The Hall–Kier alpha value is -3.48. The average Bonchev–Trinajstić information content (AvgIpc) is 3.41. The third kappa shape index (κ3) is 5.17. The van der Waals surface area contributed by atoms with Gasteiger partial charge in [0.15, 0.2) is 0 Å². The van der Waals surface area contributed by atoms with Gasteiger partial charge in [-0.25, -0.2) is 9.38 Å². The SMILES string of the molecule is Cc1ccc(C(=O)NC(=NC2CCCC2)NC2=CC(c3ccc(O)cc3F)=NC2)cc1. The third-order valence-corrected chi connectivity index (χ3v) is 5.42. The number of guanidine groups is 1. The fourth-order valence-electron chi connectivity index (χ4n) is 3.73. The summed E-state index contributed by atoms with van der Waals surface area (Å²) in [6, 6.07) is 11.5. The van der Waals surface area contributed by atoms with Crippen LogP contribution in [0.25, 0.3) is 0 Å². The van der Waals surface area contributed by atoms with E-state index in [-0.39, 0.29) is 17.7 Å². The molecule has 0 bridgehead atoms. The first-order valence-corrected chi connectivity index (χ1v) is 10.4. The maximum absolute atomic E-state index is 14.2. The van der Waals surface area contributed by atoms with Crippen LogP contribution < -0.4 is 10.6 Å². The molecule has 2 aliphatic rings. The summed E-state index contributed by atoms with van der Waals surface area (Å²) in [6.45, 7) is 2.29.